The molecule has 3 rings (SSSR count). The number of hydrogen-bond donors (Lipinski definition) is 2. The van der Waals surface area contributed by atoms with Crippen LogP contribution in [0.5, 0.6) is 0 Å². The molecule has 2 N–H and O–H groups in total. The van der Waals surface area contributed by atoms with Crippen molar-refractivity contribution in [2.75, 3.05) is 13.2 Å². The first kappa shape index (κ1) is 19.2. The number of ether oxygens (including phenoxy) is 2. The van der Waals surface area contributed by atoms with Crippen molar-refractivity contribution in [2.24, 2.45) is 5.92 Å². The van der Waals surface area contributed by atoms with Crippen LogP contribution in [0.1, 0.15) is 44.1 Å². The molecule has 0 spiro atoms. The normalized spacial score (nSPS) is 25.3. The largest absolute Gasteiger partial charge is 0.459 e. The predicted molar refractivity (Wildman–Crippen MR) is 99.7 cm³/mol. The minimum atomic E-state index is -0.516. The van der Waals surface area contributed by atoms with Gasteiger partial charge in [-0.25, -0.2) is 0 Å². The van der Waals surface area contributed by atoms with E-state index >= 15 is 0 Å². The molecule has 1 aromatic carbocycles. The van der Waals surface area contributed by atoms with E-state index in [4.69, 9.17) is 21.1 Å². The smallest absolute Gasteiger partial charge is 0.286 e. The van der Waals surface area contributed by atoms with E-state index in [9.17, 15) is 9.90 Å². The Morgan fingerprint density at radius 1 is 1.35 bits per heavy atom. The van der Waals surface area contributed by atoms with Crippen LogP contribution in [-0.4, -0.2) is 36.6 Å². The van der Waals surface area contributed by atoms with E-state index < -0.39 is 6.29 Å². The number of carbonyl (C=O) groups excluding carboxylic acids is 1. The third kappa shape index (κ3) is 4.78. The minimum absolute atomic E-state index is 0.0146. The van der Waals surface area contributed by atoms with E-state index in [1.807, 2.05) is 37.3 Å². The second-order valence-electron chi connectivity index (χ2n) is 6.83. The maximum absolute atomic E-state index is 12.5. The van der Waals surface area contributed by atoms with Crippen molar-refractivity contribution < 1.29 is 19.4 Å². The number of aliphatic hydroxyl groups excluding tert-OH is 1. The standard InChI is InChI=1S/C20H26ClNO4/c1-2-25-20-16(4-3-11-23)17(13-5-7-14(21)8-6-13)12-18(26-20)19(24)22-15-9-10-15/h5-8,12,15-17,20,23H,2-4,9-11H2,1H3,(H,22,24)/t16-,17-,20-/m1/s1. The zero-order chi connectivity index (χ0) is 18.5. The number of carbonyl (C=O) groups is 1. The Balaban J connectivity index is 1.90. The zero-order valence-corrected chi connectivity index (χ0v) is 15.7. The van der Waals surface area contributed by atoms with Gasteiger partial charge in [0.25, 0.3) is 5.91 Å². The third-order valence-corrected chi connectivity index (χ3v) is 5.05. The second kappa shape index (κ2) is 8.89. The number of amides is 1. The fourth-order valence-corrected chi connectivity index (χ4v) is 3.44. The van der Waals surface area contributed by atoms with Gasteiger partial charge < -0.3 is 19.9 Å². The molecule has 1 fully saturated rings. The number of benzene rings is 1. The summed E-state index contributed by atoms with van der Waals surface area (Å²) in [5, 5.41) is 12.9. The zero-order valence-electron chi connectivity index (χ0n) is 15.0. The van der Waals surface area contributed by atoms with Gasteiger partial charge in [-0.15, -0.1) is 0 Å². The van der Waals surface area contributed by atoms with Crippen LogP contribution in [0.15, 0.2) is 36.1 Å². The molecule has 1 aromatic rings. The van der Waals surface area contributed by atoms with Crippen LogP contribution < -0.4 is 5.32 Å². The lowest BCUT2D eigenvalue weighted by Crippen LogP contribution is -2.39. The van der Waals surface area contributed by atoms with Crippen molar-refractivity contribution in [3.8, 4) is 0 Å². The first-order chi connectivity index (χ1) is 12.6. The quantitative estimate of drug-likeness (QED) is 0.726. The van der Waals surface area contributed by atoms with Gasteiger partial charge >= 0.3 is 0 Å². The van der Waals surface area contributed by atoms with E-state index in [0.717, 1.165) is 24.8 Å². The van der Waals surface area contributed by atoms with Crippen molar-refractivity contribution in [2.45, 2.75) is 50.9 Å². The van der Waals surface area contributed by atoms with Crippen molar-refractivity contribution in [3.63, 3.8) is 0 Å². The van der Waals surface area contributed by atoms with Gasteiger partial charge in [-0.3, -0.25) is 4.79 Å². The molecule has 0 bridgehead atoms. The summed E-state index contributed by atoms with van der Waals surface area (Å²) in [5.74, 6) is 0.108. The average molecular weight is 380 g/mol. The Morgan fingerprint density at radius 3 is 2.69 bits per heavy atom. The summed E-state index contributed by atoms with van der Waals surface area (Å²) < 4.78 is 11.7. The predicted octanol–water partition coefficient (Wildman–Crippen LogP) is 3.37. The number of halogens is 1. The van der Waals surface area contributed by atoms with Gasteiger partial charge in [-0.05, 0) is 56.4 Å². The molecule has 1 aliphatic heterocycles. The second-order valence-corrected chi connectivity index (χ2v) is 7.26. The lowest BCUT2D eigenvalue weighted by Gasteiger charge is -2.37. The summed E-state index contributed by atoms with van der Waals surface area (Å²) in [7, 11) is 0. The molecule has 1 heterocycles. The van der Waals surface area contributed by atoms with Gasteiger partial charge in [0.05, 0.1) is 0 Å². The van der Waals surface area contributed by atoms with Crippen LogP contribution in [0.25, 0.3) is 0 Å². The fourth-order valence-electron chi connectivity index (χ4n) is 3.31. The maximum atomic E-state index is 12.5. The summed E-state index contributed by atoms with van der Waals surface area (Å²) in [6.07, 6.45) is 4.80. The van der Waals surface area contributed by atoms with Gasteiger partial charge in [0.1, 0.15) is 0 Å². The first-order valence-corrected chi connectivity index (χ1v) is 9.67. The van der Waals surface area contributed by atoms with Gasteiger partial charge in [-0.1, -0.05) is 23.7 Å². The highest BCUT2D eigenvalue weighted by Crippen LogP contribution is 2.39. The minimum Gasteiger partial charge on any atom is -0.459 e. The molecule has 142 valence electrons. The van der Waals surface area contributed by atoms with Crippen molar-refractivity contribution in [1.82, 2.24) is 5.32 Å². The van der Waals surface area contributed by atoms with Crippen molar-refractivity contribution in [1.29, 1.82) is 0 Å². The molecular formula is C20H26ClNO4. The molecule has 26 heavy (non-hydrogen) atoms. The average Bonchev–Trinajstić information content (AvgIpc) is 3.45. The SMILES string of the molecule is CCO[C@@H]1OC(C(=O)NC2CC2)=C[C@H](c2ccc(Cl)cc2)[C@H]1CCCO. The molecule has 5 nitrogen and oxygen atoms in total. The highest BCUT2D eigenvalue weighted by Gasteiger charge is 2.38. The molecule has 3 atom stereocenters. The Labute approximate surface area is 159 Å². The highest BCUT2D eigenvalue weighted by atomic mass is 35.5. The molecule has 6 heteroatoms. The van der Waals surface area contributed by atoms with Gasteiger partial charge in [0.15, 0.2) is 5.76 Å². The summed E-state index contributed by atoms with van der Waals surface area (Å²) in [6.45, 7) is 2.51. The van der Waals surface area contributed by atoms with Gasteiger partial charge in [-0.2, -0.15) is 0 Å². The molecule has 2 aliphatic rings. The fraction of sp³-hybridized carbons (Fsp3) is 0.550. The topological polar surface area (TPSA) is 67.8 Å². The van der Waals surface area contributed by atoms with Gasteiger partial charge in [0, 0.05) is 36.1 Å². The van der Waals surface area contributed by atoms with E-state index in [0.29, 0.717) is 23.8 Å². The Kier molecular flexibility index (Phi) is 6.57. The highest BCUT2D eigenvalue weighted by molar-refractivity contribution is 6.30. The van der Waals surface area contributed by atoms with Crippen LogP contribution in [0, 0.1) is 5.92 Å². The molecule has 1 aliphatic carbocycles. The Morgan fingerprint density at radius 2 is 2.08 bits per heavy atom. The van der Waals surface area contributed by atoms with E-state index in [1.54, 1.807) is 0 Å². The van der Waals surface area contributed by atoms with Gasteiger partial charge in [0.2, 0.25) is 6.29 Å². The molecule has 0 unspecified atom stereocenters. The first-order valence-electron chi connectivity index (χ1n) is 9.29. The number of allylic oxidation sites excluding steroid dienone is 1. The van der Waals surface area contributed by atoms with Crippen LogP contribution in [0.4, 0.5) is 0 Å². The van der Waals surface area contributed by atoms with Crippen LogP contribution >= 0.6 is 11.6 Å². The van der Waals surface area contributed by atoms with Crippen LogP contribution in [-0.2, 0) is 14.3 Å². The summed E-state index contributed by atoms with van der Waals surface area (Å²) in [5.41, 5.74) is 1.06. The van der Waals surface area contributed by atoms with Crippen molar-refractivity contribution >= 4 is 17.5 Å². The molecule has 0 saturated heterocycles. The number of rotatable bonds is 8. The molecule has 1 amide bonds. The van der Waals surface area contributed by atoms with Crippen LogP contribution in [0.2, 0.25) is 5.02 Å². The monoisotopic (exact) mass is 379 g/mol. The lowest BCUT2D eigenvalue weighted by atomic mass is 9.80. The summed E-state index contributed by atoms with van der Waals surface area (Å²) in [6, 6.07) is 7.91. The number of nitrogens with one attached hydrogen (secondary N) is 1. The lowest BCUT2D eigenvalue weighted by molar-refractivity contribution is -0.166. The van der Waals surface area contributed by atoms with Crippen molar-refractivity contribution in [3.05, 3.63) is 46.7 Å². The molecule has 1 saturated carbocycles. The Hall–Kier alpha value is -1.56. The molecular weight excluding hydrogens is 354 g/mol. The van der Waals surface area contributed by atoms with E-state index in [2.05, 4.69) is 5.32 Å². The van der Waals surface area contributed by atoms with E-state index in [1.165, 1.54) is 0 Å². The maximum Gasteiger partial charge on any atom is 0.286 e. The van der Waals surface area contributed by atoms with E-state index in [-0.39, 0.29) is 30.4 Å². The van der Waals surface area contributed by atoms with Crippen LogP contribution in [0.3, 0.4) is 0 Å². The Bertz CT molecular complexity index is 642. The molecule has 0 aromatic heterocycles. The molecule has 0 radical (unpaired) electrons. The number of hydrogen-bond acceptors (Lipinski definition) is 4. The summed E-state index contributed by atoms with van der Waals surface area (Å²) >= 11 is 6.03. The summed E-state index contributed by atoms with van der Waals surface area (Å²) in [4.78, 5) is 12.5. The third-order valence-electron chi connectivity index (χ3n) is 4.80. The number of aliphatic hydroxyl groups is 1.